The molecule has 5 heteroatoms. The first-order valence-corrected chi connectivity index (χ1v) is 5.11. The van der Waals surface area contributed by atoms with Crippen molar-refractivity contribution in [3.63, 3.8) is 0 Å². The Morgan fingerprint density at radius 1 is 1.62 bits per heavy atom. The van der Waals surface area contributed by atoms with E-state index in [1.165, 1.54) is 0 Å². The van der Waals surface area contributed by atoms with Crippen LogP contribution in [-0.2, 0) is 9.53 Å². The maximum absolute atomic E-state index is 11.7. The summed E-state index contributed by atoms with van der Waals surface area (Å²) in [5, 5.41) is 0. The van der Waals surface area contributed by atoms with Gasteiger partial charge in [-0.1, -0.05) is 0 Å². The largest absolute Gasteiger partial charge is 0.480 e. The molecule has 0 spiro atoms. The van der Waals surface area contributed by atoms with Crippen molar-refractivity contribution in [2.75, 3.05) is 31.8 Å². The van der Waals surface area contributed by atoms with Gasteiger partial charge in [0.2, 0.25) is 0 Å². The molecule has 86 valence electrons. The van der Waals surface area contributed by atoms with Crippen LogP contribution in [0.25, 0.3) is 0 Å². The second-order valence-electron chi connectivity index (χ2n) is 3.66. The van der Waals surface area contributed by atoms with Crippen LogP contribution >= 0.6 is 0 Å². The maximum atomic E-state index is 11.7. The van der Waals surface area contributed by atoms with Crippen molar-refractivity contribution in [2.24, 2.45) is 0 Å². The van der Waals surface area contributed by atoms with Gasteiger partial charge in [-0.15, -0.1) is 0 Å². The quantitative estimate of drug-likeness (QED) is 0.757. The maximum Gasteiger partial charge on any atom is 0.266 e. The van der Waals surface area contributed by atoms with E-state index in [0.29, 0.717) is 24.7 Å². The number of rotatable bonds is 3. The Labute approximate surface area is 94.0 Å². The molecular weight excluding hydrogens is 208 g/mol. The van der Waals surface area contributed by atoms with Crippen molar-refractivity contribution in [3.05, 3.63) is 17.8 Å². The zero-order valence-corrected chi connectivity index (χ0v) is 9.40. The molecule has 0 saturated heterocycles. The average molecular weight is 222 g/mol. The highest BCUT2D eigenvalue weighted by Crippen LogP contribution is 2.29. The third-order valence-electron chi connectivity index (χ3n) is 2.40. The van der Waals surface area contributed by atoms with E-state index in [-0.39, 0.29) is 12.5 Å². The number of hydrogen-bond acceptors (Lipinski definition) is 4. The number of anilines is 1. The van der Waals surface area contributed by atoms with Gasteiger partial charge in [-0.2, -0.15) is 0 Å². The van der Waals surface area contributed by atoms with Crippen LogP contribution in [0.4, 0.5) is 5.82 Å². The summed E-state index contributed by atoms with van der Waals surface area (Å²) < 4.78 is 10.3. The highest BCUT2D eigenvalue weighted by molar-refractivity contribution is 5.96. The van der Waals surface area contributed by atoms with Gasteiger partial charge in [0.25, 0.3) is 5.91 Å². The molecule has 0 N–H and O–H groups in total. The Bertz CT molecular complexity index is 406. The van der Waals surface area contributed by atoms with Gasteiger partial charge in [0, 0.05) is 13.3 Å². The van der Waals surface area contributed by atoms with Gasteiger partial charge in [-0.3, -0.25) is 9.69 Å². The van der Waals surface area contributed by atoms with Crippen molar-refractivity contribution in [2.45, 2.75) is 6.92 Å². The minimum absolute atomic E-state index is 0.0713. The van der Waals surface area contributed by atoms with E-state index in [2.05, 4.69) is 4.98 Å². The van der Waals surface area contributed by atoms with Gasteiger partial charge in [0.15, 0.2) is 18.2 Å². The number of nitrogens with zero attached hydrogens (tertiary/aromatic N) is 2. The summed E-state index contributed by atoms with van der Waals surface area (Å²) in [5.41, 5.74) is 1.01. The fraction of sp³-hybridized carbons (Fsp3) is 0.455. The van der Waals surface area contributed by atoms with Crippen molar-refractivity contribution in [1.29, 1.82) is 0 Å². The molecule has 0 saturated carbocycles. The number of pyridine rings is 1. The fourth-order valence-corrected chi connectivity index (χ4v) is 1.59. The fourth-order valence-electron chi connectivity index (χ4n) is 1.59. The Morgan fingerprint density at radius 2 is 2.44 bits per heavy atom. The summed E-state index contributed by atoms with van der Waals surface area (Å²) in [4.78, 5) is 17.5. The van der Waals surface area contributed by atoms with Crippen molar-refractivity contribution in [3.8, 4) is 5.75 Å². The zero-order chi connectivity index (χ0) is 11.5. The molecule has 1 aromatic rings. The van der Waals surface area contributed by atoms with Crippen molar-refractivity contribution < 1.29 is 14.3 Å². The Kier molecular flexibility index (Phi) is 3.05. The van der Waals surface area contributed by atoms with Crippen LogP contribution in [0.5, 0.6) is 5.75 Å². The summed E-state index contributed by atoms with van der Waals surface area (Å²) in [5.74, 6) is 1.16. The van der Waals surface area contributed by atoms with Crippen LogP contribution in [0.3, 0.4) is 0 Å². The van der Waals surface area contributed by atoms with E-state index in [1.54, 1.807) is 18.2 Å². The van der Waals surface area contributed by atoms with Gasteiger partial charge in [-0.05, 0) is 18.6 Å². The molecule has 0 atom stereocenters. The molecule has 0 aromatic carbocycles. The number of carbonyl (C=O) groups excluding carboxylic acids is 1. The molecule has 2 heterocycles. The SMILES string of the molecule is COCCN1C(=O)COc2cc(C)cnc21. The van der Waals surface area contributed by atoms with E-state index >= 15 is 0 Å². The summed E-state index contributed by atoms with van der Waals surface area (Å²) in [7, 11) is 1.61. The third-order valence-corrected chi connectivity index (χ3v) is 2.40. The number of amides is 1. The van der Waals surface area contributed by atoms with Crippen LogP contribution < -0.4 is 9.64 Å². The highest BCUT2D eigenvalue weighted by Gasteiger charge is 2.26. The molecule has 5 nitrogen and oxygen atoms in total. The molecule has 0 unspecified atom stereocenters. The van der Waals surface area contributed by atoms with E-state index in [0.717, 1.165) is 5.56 Å². The molecular formula is C11H14N2O3. The number of hydrogen-bond donors (Lipinski definition) is 0. The monoisotopic (exact) mass is 222 g/mol. The minimum Gasteiger partial charge on any atom is -0.480 e. The van der Waals surface area contributed by atoms with Crippen molar-refractivity contribution in [1.82, 2.24) is 4.98 Å². The highest BCUT2D eigenvalue weighted by atomic mass is 16.5. The zero-order valence-electron chi connectivity index (χ0n) is 9.40. The van der Waals surface area contributed by atoms with Crippen LogP contribution in [0.1, 0.15) is 5.56 Å². The minimum atomic E-state index is -0.0825. The average Bonchev–Trinajstić information content (AvgIpc) is 2.28. The Balaban J connectivity index is 2.29. The van der Waals surface area contributed by atoms with Crippen LogP contribution in [-0.4, -0.2) is 37.8 Å². The first-order valence-electron chi connectivity index (χ1n) is 5.11. The van der Waals surface area contributed by atoms with Gasteiger partial charge >= 0.3 is 0 Å². The second kappa shape index (κ2) is 4.49. The lowest BCUT2D eigenvalue weighted by molar-refractivity contribution is -0.121. The van der Waals surface area contributed by atoms with Crippen LogP contribution in [0.15, 0.2) is 12.3 Å². The molecule has 16 heavy (non-hydrogen) atoms. The number of carbonyl (C=O) groups is 1. The molecule has 1 aromatic heterocycles. The second-order valence-corrected chi connectivity index (χ2v) is 3.66. The van der Waals surface area contributed by atoms with Crippen LogP contribution in [0.2, 0.25) is 0 Å². The van der Waals surface area contributed by atoms with E-state index in [1.807, 2.05) is 13.0 Å². The predicted octanol–water partition coefficient (Wildman–Crippen LogP) is 0.762. The topological polar surface area (TPSA) is 51.7 Å². The number of methoxy groups -OCH3 is 1. The lowest BCUT2D eigenvalue weighted by Gasteiger charge is -2.28. The van der Waals surface area contributed by atoms with Crippen molar-refractivity contribution >= 4 is 11.7 Å². The van der Waals surface area contributed by atoms with E-state index in [9.17, 15) is 4.79 Å². The summed E-state index contributed by atoms with van der Waals surface area (Å²) >= 11 is 0. The molecule has 1 aliphatic heterocycles. The van der Waals surface area contributed by atoms with Crippen LogP contribution in [0, 0.1) is 6.92 Å². The Morgan fingerprint density at radius 3 is 3.19 bits per heavy atom. The number of ether oxygens (including phenoxy) is 2. The van der Waals surface area contributed by atoms with Gasteiger partial charge < -0.3 is 9.47 Å². The number of fused-ring (bicyclic) bond motifs is 1. The summed E-state index contributed by atoms with van der Waals surface area (Å²) in [6.07, 6.45) is 1.72. The third kappa shape index (κ3) is 1.99. The smallest absolute Gasteiger partial charge is 0.266 e. The van der Waals surface area contributed by atoms with Gasteiger partial charge in [0.05, 0.1) is 13.2 Å². The summed E-state index contributed by atoms with van der Waals surface area (Å²) in [6.45, 7) is 3.00. The predicted molar refractivity (Wildman–Crippen MR) is 58.7 cm³/mol. The van der Waals surface area contributed by atoms with Gasteiger partial charge in [-0.25, -0.2) is 4.98 Å². The Hall–Kier alpha value is -1.62. The lowest BCUT2D eigenvalue weighted by atomic mass is 10.2. The molecule has 1 aliphatic rings. The van der Waals surface area contributed by atoms with Gasteiger partial charge in [0.1, 0.15) is 0 Å². The molecule has 0 aliphatic carbocycles. The number of aromatic nitrogens is 1. The number of aryl methyl sites for hydroxylation is 1. The van der Waals surface area contributed by atoms with E-state index in [4.69, 9.17) is 9.47 Å². The standard InChI is InChI=1S/C11H14N2O3/c1-8-5-9-11(12-6-8)13(3-4-15-2)10(14)7-16-9/h5-6H,3-4,7H2,1-2H3. The molecule has 1 amide bonds. The lowest BCUT2D eigenvalue weighted by Crippen LogP contribution is -2.41. The first kappa shape index (κ1) is 10.9. The first-order chi connectivity index (χ1) is 7.72. The summed E-state index contributed by atoms with van der Waals surface area (Å²) in [6, 6.07) is 1.88. The normalized spacial score (nSPS) is 14.6. The molecule has 2 rings (SSSR count). The molecule has 0 radical (unpaired) electrons. The molecule has 0 bridgehead atoms. The van der Waals surface area contributed by atoms with E-state index < -0.39 is 0 Å². The molecule has 0 fully saturated rings.